The van der Waals surface area contributed by atoms with Crippen LogP contribution in [0.1, 0.15) is 55.6 Å². The molecule has 1 aromatic rings. The first-order valence-electron chi connectivity index (χ1n) is 7.47. The molecule has 21 heavy (non-hydrogen) atoms. The zero-order chi connectivity index (χ0) is 15.5. The Morgan fingerprint density at radius 3 is 2.81 bits per heavy atom. The lowest BCUT2D eigenvalue weighted by molar-refractivity contribution is -0.0865. The van der Waals surface area contributed by atoms with Gasteiger partial charge < -0.3 is 15.2 Å². The molecular formula is C15H23N3O3. The molecule has 2 N–H and O–H groups in total. The fraction of sp³-hybridized carbons (Fsp3) is 0.667. The van der Waals surface area contributed by atoms with E-state index in [-0.39, 0.29) is 17.2 Å². The van der Waals surface area contributed by atoms with Gasteiger partial charge in [0, 0.05) is 18.8 Å². The Bertz CT molecular complexity index is 515. The average Bonchev–Trinajstić information content (AvgIpc) is 2.47. The van der Waals surface area contributed by atoms with Crippen LogP contribution in [0.5, 0.6) is 0 Å². The van der Waals surface area contributed by atoms with Crippen molar-refractivity contribution < 1.29 is 14.6 Å². The fourth-order valence-corrected chi connectivity index (χ4v) is 2.82. The molecule has 1 aliphatic rings. The zero-order valence-corrected chi connectivity index (χ0v) is 12.8. The highest BCUT2D eigenvalue weighted by molar-refractivity contribution is 5.88. The van der Waals surface area contributed by atoms with Gasteiger partial charge in [-0.3, -0.25) is 0 Å². The maximum atomic E-state index is 11.0. The first-order chi connectivity index (χ1) is 9.99. The molecule has 0 saturated carbocycles. The second-order valence-electron chi connectivity index (χ2n) is 5.57. The lowest BCUT2D eigenvalue weighted by Gasteiger charge is -2.40. The third-order valence-corrected chi connectivity index (χ3v) is 4.32. The molecule has 0 radical (unpaired) electrons. The first-order valence-corrected chi connectivity index (χ1v) is 7.47. The number of rotatable bonds is 5. The van der Waals surface area contributed by atoms with Gasteiger partial charge in [-0.2, -0.15) is 0 Å². The molecule has 0 aromatic carbocycles. The van der Waals surface area contributed by atoms with Gasteiger partial charge in [0.15, 0.2) is 0 Å². The quantitative estimate of drug-likeness (QED) is 0.868. The number of aromatic nitrogens is 2. The van der Waals surface area contributed by atoms with Crippen molar-refractivity contribution in [1.82, 2.24) is 9.97 Å². The van der Waals surface area contributed by atoms with Crippen molar-refractivity contribution in [3.8, 4) is 0 Å². The molecule has 0 spiro atoms. The Kier molecular flexibility index (Phi) is 4.77. The number of anilines is 1. The predicted molar refractivity (Wildman–Crippen MR) is 79.6 cm³/mol. The fourth-order valence-electron chi connectivity index (χ4n) is 2.82. The molecule has 1 unspecified atom stereocenters. The lowest BCUT2D eigenvalue weighted by Crippen LogP contribution is -2.43. The van der Waals surface area contributed by atoms with Crippen LogP contribution in [0.4, 0.5) is 5.95 Å². The minimum atomic E-state index is -0.999. The summed E-state index contributed by atoms with van der Waals surface area (Å²) in [5.41, 5.74) is 0.555. The number of carboxylic acid groups (broad SMARTS) is 1. The van der Waals surface area contributed by atoms with E-state index in [4.69, 9.17) is 9.84 Å². The van der Waals surface area contributed by atoms with E-state index >= 15 is 0 Å². The van der Waals surface area contributed by atoms with Gasteiger partial charge in [-0.15, -0.1) is 0 Å². The summed E-state index contributed by atoms with van der Waals surface area (Å²) < 4.78 is 5.95. The van der Waals surface area contributed by atoms with Crippen LogP contribution in [-0.2, 0) is 4.74 Å². The number of carbonyl (C=O) groups is 1. The summed E-state index contributed by atoms with van der Waals surface area (Å²) in [4.78, 5) is 19.3. The lowest BCUT2D eigenvalue weighted by atomic mass is 9.86. The second kappa shape index (κ2) is 6.39. The summed E-state index contributed by atoms with van der Waals surface area (Å²) in [6.07, 6.45) is 5.16. The second-order valence-corrected chi connectivity index (χ2v) is 5.57. The van der Waals surface area contributed by atoms with Gasteiger partial charge in [0.1, 0.15) is 0 Å². The Balaban J connectivity index is 2.08. The van der Waals surface area contributed by atoms with Crippen LogP contribution in [0.2, 0.25) is 0 Å². The number of carboxylic acids is 1. The number of aryl methyl sites for hydroxylation is 1. The normalized spacial score (nSPS) is 21.0. The van der Waals surface area contributed by atoms with Gasteiger partial charge in [0.2, 0.25) is 5.95 Å². The number of hydrogen-bond acceptors (Lipinski definition) is 5. The van der Waals surface area contributed by atoms with Crippen molar-refractivity contribution in [2.75, 3.05) is 11.9 Å². The number of ether oxygens (including phenoxy) is 1. The smallest absolute Gasteiger partial charge is 0.339 e. The van der Waals surface area contributed by atoms with Crippen molar-refractivity contribution in [2.45, 2.75) is 58.1 Å². The van der Waals surface area contributed by atoms with Crippen LogP contribution in [0.15, 0.2) is 6.20 Å². The minimum absolute atomic E-state index is 0.0635. The summed E-state index contributed by atoms with van der Waals surface area (Å²) in [5.74, 6) is -0.508. The van der Waals surface area contributed by atoms with Gasteiger partial charge >= 0.3 is 5.97 Å². The van der Waals surface area contributed by atoms with E-state index in [9.17, 15) is 4.79 Å². The summed E-state index contributed by atoms with van der Waals surface area (Å²) in [6.45, 7) is 6.70. The standard InChI is InChI=1S/C15H23N3O3/c1-4-15(5-2)8-11(6-7-21-15)18-14-16-9-12(13(19)20)10(3)17-14/h9,11H,4-8H2,1-3H3,(H,19,20)(H,16,17,18). The number of nitrogens with zero attached hydrogens (tertiary/aromatic N) is 2. The molecule has 0 bridgehead atoms. The van der Waals surface area contributed by atoms with Crippen molar-refractivity contribution in [1.29, 1.82) is 0 Å². The molecular weight excluding hydrogens is 270 g/mol. The molecule has 6 heteroatoms. The molecule has 1 saturated heterocycles. The summed E-state index contributed by atoms with van der Waals surface area (Å²) in [7, 11) is 0. The maximum Gasteiger partial charge on any atom is 0.339 e. The van der Waals surface area contributed by atoms with Gasteiger partial charge in [0.25, 0.3) is 0 Å². The Morgan fingerprint density at radius 2 is 2.24 bits per heavy atom. The summed E-state index contributed by atoms with van der Waals surface area (Å²) >= 11 is 0. The number of aromatic carboxylic acids is 1. The molecule has 2 heterocycles. The van der Waals surface area contributed by atoms with Gasteiger partial charge in [-0.05, 0) is 32.6 Å². The maximum absolute atomic E-state index is 11.0. The topological polar surface area (TPSA) is 84.3 Å². The molecule has 1 atom stereocenters. The summed E-state index contributed by atoms with van der Waals surface area (Å²) in [6, 6.07) is 0.258. The van der Waals surface area contributed by atoms with E-state index in [1.165, 1.54) is 6.20 Å². The van der Waals surface area contributed by atoms with Gasteiger partial charge in [0.05, 0.1) is 16.9 Å². The molecule has 1 aliphatic heterocycles. The molecule has 116 valence electrons. The van der Waals surface area contributed by atoms with Crippen molar-refractivity contribution in [3.63, 3.8) is 0 Å². The van der Waals surface area contributed by atoms with Crippen molar-refractivity contribution in [3.05, 3.63) is 17.5 Å². The summed E-state index contributed by atoms with van der Waals surface area (Å²) in [5, 5.41) is 12.3. The zero-order valence-electron chi connectivity index (χ0n) is 12.8. The van der Waals surface area contributed by atoms with Crippen molar-refractivity contribution in [2.24, 2.45) is 0 Å². The van der Waals surface area contributed by atoms with Crippen LogP contribution in [0, 0.1) is 6.92 Å². The van der Waals surface area contributed by atoms with E-state index in [2.05, 4.69) is 29.1 Å². The third kappa shape index (κ3) is 3.50. The molecule has 6 nitrogen and oxygen atoms in total. The van der Waals surface area contributed by atoms with E-state index in [0.717, 1.165) is 32.3 Å². The monoisotopic (exact) mass is 293 g/mol. The Hall–Kier alpha value is -1.69. The largest absolute Gasteiger partial charge is 0.478 e. The molecule has 1 fully saturated rings. The molecule has 2 rings (SSSR count). The minimum Gasteiger partial charge on any atom is -0.478 e. The van der Waals surface area contributed by atoms with Crippen LogP contribution in [0.25, 0.3) is 0 Å². The van der Waals surface area contributed by atoms with E-state index < -0.39 is 5.97 Å². The molecule has 1 aromatic heterocycles. The SMILES string of the molecule is CCC1(CC)CC(Nc2ncc(C(=O)O)c(C)n2)CCO1. The highest BCUT2D eigenvalue weighted by Crippen LogP contribution is 2.32. The highest BCUT2D eigenvalue weighted by atomic mass is 16.5. The Labute approximate surface area is 124 Å². The third-order valence-electron chi connectivity index (χ3n) is 4.32. The number of nitrogens with one attached hydrogen (secondary N) is 1. The van der Waals surface area contributed by atoms with Crippen molar-refractivity contribution >= 4 is 11.9 Å². The van der Waals surface area contributed by atoms with Crippen LogP contribution in [-0.4, -0.2) is 39.3 Å². The van der Waals surface area contributed by atoms with Crippen LogP contribution < -0.4 is 5.32 Å². The molecule has 0 aliphatic carbocycles. The highest BCUT2D eigenvalue weighted by Gasteiger charge is 2.34. The van der Waals surface area contributed by atoms with E-state index in [0.29, 0.717) is 11.6 Å². The van der Waals surface area contributed by atoms with Crippen LogP contribution >= 0.6 is 0 Å². The average molecular weight is 293 g/mol. The predicted octanol–water partition coefficient (Wildman–Crippen LogP) is 2.63. The van der Waals surface area contributed by atoms with Crippen LogP contribution in [0.3, 0.4) is 0 Å². The van der Waals surface area contributed by atoms with Gasteiger partial charge in [-0.1, -0.05) is 13.8 Å². The Morgan fingerprint density at radius 1 is 1.52 bits per heavy atom. The van der Waals surface area contributed by atoms with E-state index in [1.54, 1.807) is 6.92 Å². The van der Waals surface area contributed by atoms with Gasteiger partial charge in [-0.25, -0.2) is 14.8 Å². The molecule has 0 amide bonds. The van der Waals surface area contributed by atoms with E-state index in [1.807, 2.05) is 0 Å². The number of hydrogen-bond donors (Lipinski definition) is 2. The first kappa shape index (κ1) is 15.7.